The predicted molar refractivity (Wildman–Crippen MR) is 81.7 cm³/mol. The number of primary sulfonamides is 1. The third kappa shape index (κ3) is 3.63. The van der Waals surface area contributed by atoms with Gasteiger partial charge in [-0.25, -0.2) is 17.9 Å². The molecule has 5 N–H and O–H groups in total. The smallest absolute Gasteiger partial charge is 0.238 e. The molecule has 2 rings (SSSR count). The van der Waals surface area contributed by atoms with Gasteiger partial charge < -0.3 is 11.1 Å². The number of nitrogens with one attached hydrogen (secondary N) is 1. The zero-order chi connectivity index (χ0) is 15.8. The molecule has 21 heavy (non-hydrogen) atoms. The second kappa shape index (κ2) is 5.51. The summed E-state index contributed by atoms with van der Waals surface area (Å²) in [5.41, 5.74) is 7.05. The molecule has 2 aromatic carbocycles. The van der Waals surface area contributed by atoms with Crippen LogP contribution < -0.4 is 16.2 Å². The van der Waals surface area contributed by atoms with E-state index in [4.69, 9.17) is 22.5 Å². The molecule has 0 heterocycles. The monoisotopic (exact) mass is 329 g/mol. The average Bonchev–Trinajstić information content (AvgIpc) is 2.30. The van der Waals surface area contributed by atoms with Gasteiger partial charge in [0, 0.05) is 22.1 Å². The van der Waals surface area contributed by atoms with Gasteiger partial charge in [0.05, 0.1) is 4.90 Å². The van der Waals surface area contributed by atoms with Crippen molar-refractivity contribution in [1.29, 1.82) is 0 Å². The molecular formula is C13H13ClFN3O2S. The maximum Gasteiger partial charge on any atom is 0.238 e. The maximum atomic E-state index is 13.3. The van der Waals surface area contributed by atoms with Crippen LogP contribution in [0.5, 0.6) is 0 Å². The second-order valence-corrected chi connectivity index (χ2v) is 6.49. The molecule has 0 bridgehead atoms. The van der Waals surface area contributed by atoms with Crippen LogP contribution in [-0.4, -0.2) is 8.42 Å². The molecule has 0 saturated carbocycles. The molecule has 0 saturated heterocycles. The Labute approximate surface area is 126 Å². The van der Waals surface area contributed by atoms with Crippen LogP contribution in [0.15, 0.2) is 35.2 Å². The van der Waals surface area contributed by atoms with E-state index in [-0.39, 0.29) is 15.6 Å². The van der Waals surface area contributed by atoms with Crippen LogP contribution in [0.3, 0.4) is 0 Å². The molecule has 0 unspecified atom stereocenters. The zero-order valence-electron chi connectivity index (χ0n) is 11.0. The van der Waals surface area contributed by atoms with Gasteiger partial charge in [0.2, 0.25) is 10.0 Å². The van der Waals surface area contributed by atoms with E-state index in [2.05, 4.69) is 5.32 Å². The fraction of sp³-hybridized carbons (Fsp3) is 0.0769. The second-order valence-electron chi connectivity index (χ2n) is 4.52. The van der Waals surface area contributed by atoms with Crippen LogP contribution in [-0.2, 0) is 10.0 Å². The molecule has 0 atom stereocenters. The largest absolute Gasteiger partial charge is 0.399 e. The van der Waals surface area contributed by atoms with Gasteiger partial charge in [-0.05, 0) is 42.8 Å². The topological polar surface area (TPSA) is 98.2 Å². The van der Waals surface area contributed by atoms with Crippen molar-refractivity contribution in [2.24, 2.45) is 5.14 Å². The van der Waals surface area contributed by atoms with Crippen molar-refractivity contribution >= 4 is 38.7 Å². The lowest BCUT2D eigenvalue weighted by Gasteiger charge is -2.14. The normalized spacial score (nSPS) is 11.4. The molecule has 0 aliphatic rings. The van der Waals surface area contributed by atoms with Crippen LogP contribution >= 0.6 is 11.6 Å². The van der Waals surface area contributed by atoms with Gasteiger partial charge >= 0.3 is 0 Å². The molecule has 5 nitrogen and oxygen atoms in total. The van der Waals surface area contributed by atoms with Crippen LogP contribution in [0, 0.1) is 12.7 Å². The summed E-state index contributed by atoms with van der Waals surface area (Å²) < 4.78 is 36.4. The van der Waals surface area contributed by atoms with Crippen molar-refractivity contribution in [2.75, 3.05) is 11.1 Å². The highest BCUT2D eigenvalue weighted by molar-refractivity contribution is 7.89. The minimum absolute atomic E-state index is 0.0903. The van der Waals surface area contributed by atoms with Gasteiger partial charge in [0.1, 0.15) is 5.82 Å². The predicted octanol–water partition coefficient (Wildman–Crippen LogP) is 2.76. The summed E-state index contributed by atoms with van der Waals surface area (Å²) in [6.07, 6.45) is 0. The standard InChI is InChI=1S/C13H13ClFN3O2S/c1-7-12(5-10(16)6-13(7)21(17,19)20)18-11-3-8(14)2-9(15)4-11/h2-6,18H,16H2,1H3,(H2,17,19,20). The molecule has 0 aromatic heterocycles. The summed E-state index contributed by atoms with van der Waals surface area (Å²) in [6.45, 7) is 1.57. The highest BCUT2D eigenvalue weighted by Crippen LogP contribution is 2.29. The van der Waals surface area contributed by atoms with E-state index in [1.807, 2.05) is 0 Å². The van der Waals surface area contributed by atoms with E-state index in [1.165, 1.54) is 24.3 Å². The van der Waals surface area contributed by atoms with Crippen LogP contribution in [0.2, 0.25) is 5.02 Å². The third-order valence-corrected chi connectivity index (χ3v) is 4.09. The van der Waals surface area contributed by atoms with E-state index >= 15 is 0 Å². The Balaban J connectivity index is 2.52. The molecule has 0 spiro atoms. The third-order valence-electron chi connectivity index (χ3n) is 2.83. The number of sulfonamides is 1. The Morgan fingerprint density at radius 1 is 1.19 bits per heavy atom. The van der Waals surface area contributed by atoms with E-state index in [1.54, 1.807) is 6.92 Å². The van der Waals surface area contributed by atoms with Gasteiger partial charge in [0.15, 0.2) is 0 Å². The number of nitrogen functional groups attached to an aromatic ring is 1. The van der Waals surface area contributed by atoms with E-state index < -0.39 is 15.8 Å². The summed E-state index contributed by atoms with van der Waals surface area (Å²) in [5.74, 6) is -0.516. The van der Waals surface area contributed by atoms with Crippen molar-refractivity contribution in [1.82, 2.24) is 0 Å². The first-order valence-corrected chi connectivity index (χ1v) is 7.75. The van der Waals surface area contributed by atoms with E-state index in [0.717, 1.165) is 6.07 Å². The van der Waals surface area contributed by atoms with Crippen molar-refractivity contribution in [3.63, 3.8) is 0 Å². The number of halogens is 2. The number of hydrogen-bond donors (Lipinski definition) is 3. The van der Waals surface area contributed by atoms with Crippen molar-refractivity contribution in [3.05, 3.63) is 46.7 Å². The SMILES string of the molecule is Cc1c(Nc2cc(F)cc(Cl)c2)cc(N)cc1S(N)(=O)=O. The fourth-order valence-corrected chi connectivity index (χ4v) is 2.97. The molecule has 0 radical (unpaired) electrons. The molecule has 8 heteroatoms. The summed E-state index contributed by atoms with van der Waals surface area (Å²) in [4.78, 5) is -0.0903. The highest BCUT2D eigenvalue weighted by atomic mass is 35.5. The Morgan fingerprint density at radius 3 is 2.43 bits per heavy atom. The number of nitrogens with two attached hydrogens (primary N) is 2. The summed E-state index contributed by atoms with van der Waals surface area (Å²) in [5, 5.41) is 8.24. The first-order chi connectivity index (χ1) is 9.66. The molecular weight excluding hydrogens is 317 g/mol. The maximum absolute atomic E-state index is 13.3. The highest BCUT2D eigenvalue weighted by Gasteiger charge is 2.16. The number of rotatable bonds is 3. The van der Waals surface area contributed by atoms with Crippen molar-refractivity contribution in [3.8, 4) is 0 Å². The lowest BCUT2D eigenvalue weighted by atomic mass is 10.1. The Kier molecular flexibility index (Phi) is 4.08. The Bertz CT molecular complexity index is 789. The Hall–Kier alpha value is -1.83. The summed E-state index contributed by atoms with van der Waals surface area (Å²) >= 11 is 5.77. The van der Waals surface area contributed by atoms with Gasteiger partial charge in [-0.1, -0.05) is 11.6 Å². The van der Waals surface area contributed by atoms with Crippen LogP contribution in [0.4, 0.5) is 21.5 Å². The average molecular weight is 330 g/mol. The molecule has 2 aromatic rings. The Morgan fingerprint density at radius 2 is 1.86 bits per heavy atom. The quantitative estimate of drug-likeness (QED) is 0.754. The zero-order valence-corrected chi connectivity index (χ0v) is 12.6. The minimum Gasteiger partial charge on any atom is -0.399 e. The number of benzene rings is 2. The first kappa shape index (κ1) is 15.6. The van der Waals surface area contributed by atoms with Crippen LogP contribution in [0.1, 0.15) is 5.56 Å². The molecule has 0 amide bonds. The number of anilines is 3. The first-order valence-electron chi connectivity index (χ1n) is 5.83. The molecule has 0 fully saturated rings. The molecule has 0 aliphatic carbocycles. The lowest BCUT2D eigenvalue weighted by Crippen LogP contribution is -2.15. The van der Waals surface area contributed by atoms with Crippen LogP contribution in [0.25, 0.3) is 0 Å². The molecule has 0 aliphatic heterocycles. The molecule has 112 valence electrons. The van der Waals surface area contributed by atoms with Gasteiger partial charge in [-0.15, -0.1) is 0 Å². The lowest BCUT2D eigenvalue weighted by molar-refractivity contribution is 0.597. The van der Waals surface area contributed by atoms with Crippen molar-refractivity contribution in [2.45, 2.75) is 11.8 Å². The fourth-order valence-electron chi connectivity index (χ4n) is 1.92. The van der Waals surface area contributed by atoms with Gasteiger partial charge in [-0.3, -0.25) is 0 Å². The number of hydrogen-bond acceptors (Lipinski definition) is 4. The van der Waals surface area contributed by atoms with Gasteiger partial charge in [0.25, 0.3) is 0 Å². The summed E-state index contributed by atoms with van der Waals surface area (Å²) in [7, 11) is -3.91. The minimum atomic E-state index is -3.91. The van der Waals surface area contributed by atoms with Crippen molar-refractivity contribution < 1.29 is 12.8 Å². The summed E-state index contributed by atoms with van der Waals surface area (Å²) in [6, 6.07) is 6.70. The van der Waals surface area contributed by atoms with E-state index in [9.17, 15) is 12.8 Å². The van der Waals surface area contributed by atoms with Gasteiger partial charge in [-0.2, -0.15) is 0 Å². The van der Waals surface area contributed by atoms with E-state index in [0.29, 0.717) is 16.9 Å².